The molecule has 0 bridgehead atoms. The molecule has 1 amide bonds. The van der Waals surface area contributed by atoms with E-state index in [1.165, 1.54) is 16.9 Å². The third-order valence-corrected chi connectivity index (χ3v) is 6.20. The maximum atomic E-state index is 14.9. The van der Waals surface area contributed by atoms with E-state index in [4.69, 9.17) is 4.74 Å². The Morgan fingerprint density at radius 1 is 1.11 bits per heavy atom. The third kappa shape index (κ3) is 4.41. The molecule has 0 aliphatic carbocycles. The molecule has 5 rings (SSSR count). The van der Waals surface area contributed by atoms with Crippen molar-refractivity contribution >= 4 is 22.9 Å². The summed E-state index contributed by atoms with van der Waals surface area (Å²) in [6.45, 7) is 9.95. The number of carbonyl (C=O) groups excluding carboxylic acids is 1. The van der Waals surface area contributed by atoms with Gasteiger partial charge in [0.15, 0.2) is 5.65 Å². The number of nitrogens with zero attached hydrogens (tertiary/aromatic N) is 6. The molecule has 0 radical (unpaired) electrons. The Balaban J connectivity index is 1.52. The topological polar surface area (TPSA) is 89.6 Å². The summed E-state index contributed by atoms with van der Waals surface area (Å²) in [6, 6.07) is 4.89. The second-order valence-corrected chi connectivity index (χ2v) is 9.83. The molecule has 188 valence electrons. The van der Waals surface area contributed by atoms with Crippen LogP contribution in [0, 0.1) is 18.7 Å². The van der Waals surface area contributed by atoms with Gasteiger partial charge in [-0.05, 0) is 57.0 Å². The molecule has 36 heavy (non-hydrogen) atoms. The normalized spacial score (nSPS) is 14.4. The van der Waals surface area contributed by atoms with Crippen LogP contribution in [0.15, 0.2) is 36.9 Å². The first-order valence-electron chi connectivity index (χ1n) is 11.7. The van der Waals surface area contributed by atoms with Gasteiger partial charge in [0.2, 0.25) is 5.95 Å². The third-order valence-electron chi connectivity index (χ3n) is 6.20. The van der Waals surface area contributed by atoms with E-state index in [1.807, 2.05) is 37.4 Å². The number of rotatable bonds is 4. The van der Waals surface area contributed by atoms with Crippen molar-refractivity contribution in [2.75, 3.05) is 36.5 Å². The van der Waals surface area contributed by atoms with Gasteiger partial charge in [-0.15, -0.1) is 15.3 Å². The number of anilines is 2. The number of ether oxygens (including phenoxy) is 1. The van der Waals surface area contributed by atoms with E-state index in [2.05, 4.69) is 25.5 Å². The minimum absolute atomic E-state index is 0.0553. The number of amides is 1. The molecule has 3 aromatic heterocycles. The largest absolute Gasteiger partial charge is 0.378 e. The molecule has 4 heterocycles. The number of hydrogen-bond acceptors (Lipinski definition) is 6. The second kappa shape index (κ2) is 8.98. The minimum atomic E-state index is -0.914. The summed E-state index contributed by atoms with van der Waals surface area (Å²) in [4.78, 5) is 15.0. The molecular weight excluding hydrogens is 468 g/mol. The smallest absolute Gasteiger partial charge is 0.262 e. The average molecular weight is 496 g/mol. The van der Waals surface area contributed by atoms with Gasteiger partial charge in [-0.25, -0.2) is 4.39 Å². The molecule has 9 nitrogen and oxygen atoms in total. The number of fused-ring (bicyclic) bond motifs is 1. The van der Waals surface area contributed by atoms with Crippen molar-refractivity contribution in [3.05, 3.63) is 59.8 Å². The Hall–Kier alpha value is -3.86. The summed E-state index contributed by atoms with van der Waals surface area (Å²) in [7, 11) is 0. The molecule has 0 atom stereocenters. The number of morpholine rings is 1. The Morgan fingerprint density at radius 3 is 2.56 bits per heavy atom. The van der Waals surface area contributed by atoms with Crippen molar-refractivity contribution in [2.45, 2.75) is 33.2 Å². The molecule has 1 aliphatic rings. The Morgan fingerprint density at radius 2 is 1.86 bits per heavy atom. The van der Waals surface area contributed by atoms with Crippen LogP contribution in [0.4, 0.5) is 20.2 Å². The van der Waals surface area contributed by atoms with Gasteiger partial charge in [0, 0.05) is 31.0 Å². The van der Waals surface area contributed by atoms with Gasteiger partial charge in [-0.2, -0.15) is 4.39 Å². The lowest BCUT2D eigenvalue weighted by Gasteiger charge is -2.29. The van der Waals surface area contributed by atoms with Gasteiger partial charge in [-0.3, -0.25) is 13.9 Å². The Labute approximate surface area is 206 Å². The Bertz CT molecular complexity index is 1450. The van der Waals surface area contributed by atoms with Gasteiger partial charge in [0.05, 0.1) is 30.1 Å². The molecule has 0 unspecified atom stereocenters. The van der Waals surface area contributed by atoms with Crippen molar-refractivity contribution in [2.24, 2.45) is 0 Å². The molecule has 1 N–H and O–H groups in total. The summed E-state index contributed by atoms with van der Waals surface area (Å²) in [5.74, 6) is -2.31. The van der Waals surface area contributed by atoms with Crippen LogP contribution >= 0.6 is 0 Å². The van der Waals surface area contributed by atoms with Crippen molar-refractivity contribution < 1.29 is 18.3 Å². The summed E-state index contributed by atoms with van der Waals surface area (Å²) in [5.41, 5.74) is 2.95. The van der Waals surface area contributed by atoms with Gasteiger partial charge in [0.25, 0.3) is 5.91 Å². The molecule has 1 aliphatic heterocycles. The van der Waals surface area contributed by atoms with E-state index >= 15 is 0 Å². The highest BCUT2D eigenvalue weighted by molar-refractivity contribution is 6.04. The van der Waals surface area contributed by atoms with E-state index in [0.29, 0.717) is 43.1 Å². The quantitative estimate of drug-likeness (QED) is 0.460. The van der Waals surface area contributed by atoms with Crippen molar-refractivity contribution in [3.8, 4) is 11.1 Å². The van der Waals surface area contributed by atoms with Crippen LogP contribution in [0.25, 0.3) is 16.8 Å². The number of halogens is 2. The van der Waals surface area contributed by atoms with Crippen LogP contribution in [0.1, 0.15) is 36.7 Å². The first-order valence-corrected chi connectivity index (χ1v) is 11.7. The lowest BCUT2D eigenvalue weighted by atomic mass is 10.00. The zero-order valence-electron chi connectivity index (χ0n) is 20.5. The second-order valence-electron chi connectivity index (χ2n) is 9.83. The fraction of sp³-hybridized carbons (Fsp3) is 0.360. The van der Waals surface area contributed by atoms with E-state index < -0.39 is 23.2 Å². The van der Waals surface area contributed by atoms with Gasteiger partial charge in [0.1, 0.15) is 17.7 Å². The van der Waals surface area contributed by atoms with Crippen LogP contribution in [0.5, 0.6) is 0 Å². The number of aromatic nitrogens is 5. The van der Waals surface area contributed by atoms with Crippen LogP contribution in [-0.2, 0) is 10.3 Å². The first-order chi connectivity index (χ1) is 17.1. The van der Waals surface area contributed by atoms with Crippen LogP contribution in [-0.4, -0.2) is 56.6 Å². The maximum absolute atomic E-state index is 14.9. The van der Waals surface area contributed by atoms with Crippen molar-refractivity contribution in [1.29, 1.82) is 0 Å². The van der Waals surface area contributed by atoms with Crippen LogP contribution in [0.2, 0.25) is 0 Å². The molecule has 1 aromatic carbocycles. The van der Waals surface area contributed by atoms with E-state index in [0.717, 1.165) is 11.3 Å². The SMILES string of the molecule is Cc1cc(F)c(NC(=O)c2cn(C(C)(C)C)nc2F)cc1-c1cc(N2CCOCC2)c2nncn2c1. The predicted octanol–water partition coefficient (Wildman–Crippen LogP) is 4.02. The van der Waals surface area contributed by atoms with E-state index in [9.17, 15) is 13.6 Å². The van der Waals surface area contributed by atoms with Crippen molar-refractivity contribution in [1.82, 2.24) is 24.4 Å². The lowest BCUT2D eigenvalue weighted by Crippen LogP contribution is -2.36. The van der Waals surface area contributed by atoms with Gasteiger partial charge >= 0.3 is 0 Å². The van der Waals surface area contributed by atoms with Gasteiger partial charge in [-0.1, -0.05) is 0 Å². The summed E-state index contributed by atoms with van der Waals surface area (Å²) >= 11 is 0. The molecule has 1 fully saturated rings. The fourth-order valence-electron chi connectivity index (χ4n) is 4.22. The number of benzene rings is 1. The summed E-state index contributed by atoms with van der Waals surface area (Å²) in [6.07, 6.45) is 4.80. The number of nitrogens with one attached hydrogen (secondary N) is 1. The number of carbonyl (C=O) groups is 1. The fourth-order valence-corrected chi connectivity index (χ4v) is 4.22. The van der Waals surface area contributed by atoms with Crippen molar-refractivity contribution in [3.63, 3.8) is 0 Å². The van der Waals surface area contributed by atoms with E-state index in [1.54, 1.807) is 19.3 Å². The molecule has 11 heteroatoms. The number of aryl methyl sites for hydroxylation is 1. The zero-order valence-corrected chi connectivity index (χ0v) is 20.5. The zero-order chi connectivity index (χ0) is 25.6. The highest BCUT2D eigenvalue weighted by atomic mass is 19.1. The standard InChI is InChI=1S/C25H27F2N7O2/c1-15-9-19(26)20(29-24(35)18-13-34(25(2,3)4)31-22(18)27)11-17(15)16-10-21(32-5-7-36-8-6-32)23-30-28-14-33(23)12-16/h9-14H,5-8H2,1-4H3,(H,29,35). The van der Waals surface area contributed by atoms with Gasteiger partial charge < -0.3 is 15.0 Å². The number of hydrogen-bond donors (Lipinski definition) is 1. The monoisotopic (exact) mass is 495 g/mol. The predicted molar refractivity (Wildman–Crippen MR) is 131 cm³/mol. The molecule has 1 saturated heterocycles. The summed E-state index contributed by atoms with van der Waals surface area (Å²) < 4.78 is 38.0. The van der Waals surface area contributed by atoms with E-state index in [-0.39, 0.29) is 11.3 Å². The average Bonchev–Trinajstić information content (AvgIpc) is 3.47. The molecular formula is C25H27F2N7O2. The van der Waals surface area contributed by atoms with Crippen LogP contribution in [0.3, 0.4) is 0 Å². The first kappa shape index (κ1) is 23.9. The minimum Gasteiger partial charge on any atom is -0.378 e. The highest BCUT2D eigenvalue weighted by Crippen LogP contribution is 2.33. The lowest BCUT2D eigenvalue weighted by molar-refractivity contribution is 0.102. The Kier molecular flexibility index (Phi) is 5.95. The molecule has 0 spiro atoms. The molecule has 0 saturated carbocycles. The summed E-state index contributed by atoms with van der Waals surface area (Å²) in [5, 5.41) is 14.6. The maximum Gasteiger partial charge on any atom is 0.262 e. The molecule has 4 aromatic rings. The number of pyridine rings is 1. The van der Waals surface area contributed by atoms with Crippen LogP contribution < -0.4 is 10.2 Å². The highest BCUT2D eigenvalue weighted by Gasteiger charge is 2.24.